The Morgan fingerprint density at radius 2 is 1.75 bits per heavy atom. The van der Waals surface area contributed by atoms with Gasteiger partial charge >= 0.3 is 0 Å². The molecule has 1 saturated heterocycles. The summed E-state index contributed by atoms with van der Waals surface area (Å²) < 4.78 is 4.35. The lowest BCUT2D eigenvalue weighted by molar-refractivity contribution is -0.121. The van der Waals surface area contributed by atoms with Crippen LogP contribution in [0, 0.1) is 5.92 Å². The molecule has 1 aromatic heterocycles. The first-order chi connectivity index (χ1) is 15.7. The minimum atomic E-state index is -0.272. The van der Waals surface area contributed by atoms with Crippen molar-refractivity contribution in [3.05, 3.63) is 78.4 Å². The zero-order valence-electron chi connectivity index (χ0n) is 17.4. The molecule has 1 aliphatic heterocycles. The average molecular weight is 443 g/mol. The third-order valence-electron chi connectivity index (χ3n) is 5.79. The second-order valence-corrected chi connectivity index (χ2v) is 8.65. The van der Waals surface area contributed by atoms with Crippen molar-refractivity contribution >= 4 is 39.3 Å². The van der Waals surface area contributed by atoms with Gasteiger partial charge < -0.3 is 10.2 Å². The van der Waals surface area contributed by atoms with Gasteiger partial charge in [0.2, 0.25) is 11.0 Å². The van der Waals surface area contributed by atoms with Crippen molar-refractivity contribution in [1.82, 2.24) is 14.3 Å². The summed E-state index contributed by atoms with van der Waals surface area (Å²) >= 11 is 1.17. The summed E-state index contributed by atoms with van der Waals surface area (Å²) in [6.07, 6.45) is 1.54. The van der Waals surface area contributed by atoms with E-state index in [-0.39, 0.29) is 17.7 Å². The lowest BCUT2D eigenvalue weighted by atomic mass is 9.95. The standard InChI is InChI=1S/C25H22N4O2S/c30-23(27-25-26-22(28-32-25)18-9-2-1-3-10-18)19-12-7-15-29(16-19)24(31)21-14-6-11-17-8-4-5-13-20(17)21/h1-6,8-11,13-14,19H,7,12,15-16H2,(H,26,27,28,30). The van der Waals surface area contributed by atoms with Crippen LogP contribution in [0.2, 0.25) is 0 Å². The van der Waals surface area contributed by atoms with Gasteiger partial charge in [-0.3, -0.25) is 9.59 Å². The molecule has 0 radical (unpaired) electrons. The monoisotopic (exact) mass is 442 g/mol. The van der Waals surface area contributed by atoms with Crippen LogP contribution in [-0.4, -0.2) is 39.2 Å². The van der Waals surface area contributed by atoms with Crippen LogP contribution in [0.3, 0.4) is 0 Å². The highest BCUT2D eigenvalue weighted by Crippen LogP contribution is 2.25. The Labute approximate surface area is 190 Å². The number of hydrogen-bond acceptors (Lipinski definition) is 5. The Hall–Kier alpha value is -3.58. The van der Waals surface area contributed by atoms with Gasteiger partial charge in [-0.05, 0) is 29.7 Å². The summed E-state index contributed by atoms with van der Waals surface area (Å²) in [7, 11) is 0. The highest BCUT2D eigenvalue weighted by atomic mass is 32.1. The van der Waals surface area contributed by atoms with Crippen molar-refractivity contribution in [2.45, 2.75) is 12.8 Å². The van der Waals surface area contributed by atoms with E-state index in [0.717, 1.165) is 29.2 Å². The summed E-state index contributed by atoms with van der Waals surface area (Å²) in [5, 5.41) is 5.35. The summed E-state index contributed by atoms with van der Waals surface area (Å²) in [5.74, 6) is 0.187. The molecule has 1 atom stereocenters. The number of carbonyl (C=O) groups is 2. The normalized spacial score (nSPS) is 16.1. The molecule has 1 unspecified atom stereocenters. The van der Waals surface area contributed by atoms with Crippen LogP contribution in [0.1, 0.15) is 23.2 Å². The van der Waals surface area contributed by atoms with E-state index in [4.69, 9.17) is 0 Å². The lowest BCUT2D eigenvalue weighted by Crippen LogP contribution is -2.43. The quantitative estimate of drug-likeness (QED) is 0.490. The van der Waals surface area contributed by atoms with E-state index in [9.17, 15) is 9.59 Å². The van der Waals surface area contributed by atoms with Crippen LogP contribution in [0.5, 0.6) is 0 Å². The molecule has 0 bridgehead atoms. The van der Waals surface area contributed by atoms with E-state index in [0.29, 0.717) is 29.6 Å². The first-order valence-corrected chi connectivity index (χ1v) is 11.4. The van der Waals surface area contributed by atoms with Crippen LogP contribution in [0.15, 0.2) is 72.8 Å². The number of aromatic nitrogens is 2. The zero-order valence-corrected chi connectivity index (χ0v) is 18.2. The molecule has 1 N–H and O–H groups in total. The molecule has 7 heteroatoms. The first-order valence-electron chi connectivity index (χ1n) is 10.7. The molecular weight excluding hydrogens is 420 g/mol. The number of hydrogen-bond donors (Lipinski definition) is 1. The van der Waals surface area contributed by atoms with Crippen molar-refractivity contribution in [3.8, 4) is 11.4 Å². The van der Waals surface area contributed by atoms with E-state index in [2.05, 4.69) is 14.7 Å². The molecule has 0 saturated carbocycles. The van der Waals surface area contributed by atoms with Crippen molar-refractivity contribution in [3.63, 3.8) is 0 Å². The number of piperidine rings is 1. The Balaban J connectivity index is 1.28. The second kappa shape index (κ2) is 8.88. The Morgan fingerprint density at radius 3 is 2.62 bits per heavy atom. The molecule has 6 nitrogen and oxygen atoms in total. The predicted octanol–water partition coefficient (Wildman–Crippen LogP) is 4.85. The number of amides is 2. The van der Waals surface area contributed by atoms with Gasteiger partial charge in [0.15, 0.2) is 5.82 Å². The van der Waals surface area contributed by atoms with Gasteiger partial charge in [0.1, 0.15) is 0 Å². The highest BCUT2D eigenvalue weighted by molar-refractivity contribution is 7.10. The van der Waals surface area contributed by atoms with E-state index in [1.807, 2.05) is 72.8 Å². The average Bonchev–Trinajstić information content (AvgIpc) is 3.32. The van der Waals surface area contributed by atoms with Crippen LogP contribution in [-0.2, 0) is 4.79 Å². The number of likely N-dealkylation sites (tertiary alicyclic amines) is 1. The van der Waals surface area contributed by atoms with E-state index in [1.165, 1.54) is 11.5 Å². The zero-order chi connectivity index (χ0) is 21.9. The minimum Gasteiger partial charge on any atom is -0.338 e. The fourth-order valence-corrected chi connectivity index (χ4v) is 4.74. The molecule has 1 aliphatic rings. The number of rotatable bonds is 4. The van der Waals surface area contributed by atoms with Crippen LogP contribution < -0.4 is 5.32 Å². The molecule has 160 valence electrons. The van der Waals surface area contributed by atoms with Crippen molar-refractivity contribution < 1.29 is 9.59 Å². The van der Waals surface area contributed by atoms with E-state index in [1.54, 1.807) is 4.90 Å². The van der Waals surface area contributed by atoms with Gasteiger partial charge in [-0.1, -0.05) is 66.7 Å². The number of anilines is 1. The van der Waals surface area contributed by atoms with Crippen molar-refractivity contribution in [1.29, 1.82) is 0 Å². The topological polar surface area (TPSA) is 75.2 Å². The molecule has 1 fully saturated rings. The predicted molar refractivity (Wildman–Crippen MR) is 127 cm³/mol. The fraction of sp³-hybridized carbons (Fsp3) is 0.200. The maximum Gasteiger partial charge on any atom is 0.254 e. The van der Waals surface area contributed by atoms with Crippen LogP contribution in [0.25, 0.3) is 22.2 Å². The maximum absolute atomic E-state index is 13.3. The Morgan fingerprint density at radius 1 is 0.969 bits per heavy atom. The molecule has 2 amide bonds. The SMILES string of the molecule is O=C(Nc1nc(-c2ccccc2)ns1)C1CCCN(C(=O)c2cccc3ccccc23)C1. The molecule has 5 rings (SSSR count). The molecular formula is C25H22N4O2S. The van der Waals surface area contributed by atoms with Gasteiger partial charge in [0.05, 0.1) is 5.92 Å². The largest absolute Gasteiger partial charge is 0.338 e. The van der Waals surface area contributed by atoms with Crippen molar-refractivity contribution in [2.75, 3.05) is 18.4 Å². The Kier molecular flexibility index (Phi) is 5.64. The van der Waals surface area contributed by atoms with Gasteiger partial charge in [-0.25, -0.2) is 0 Å². The molecule has 0 aliphatic carbocycles. The maximum atomic E-state index is 13.3. The second-order valence-electron chi connectivity index (χ2n) is 7.90. The van der Waals surface area contributed by atoms with E-state index >= 15 is 0 Å². The Bertz CT molecular complexity index is 1270. The number of carbonyl (C=O) groups excluding carboxylic acids is 2. The fourth-order valence-electron chi connectivity index (χ4n) is 4.14. The molecule has 3 aromatic carbocycles. The molecule has 4 aromatic rings. The third kappa shape index (κ3) is 4.11. The summed E-state index contributed by atoms with van der Waals surface area (Å²) in [6, 6.07) is 23.3. The van der Waals surface area contributed by atoms with Gasteiger partial charge in [-0.2, -0.15) is 9.36 Å². The third-order valence-corrected chi connectivity index (χ3v) is 6.42. The number of nitrogens with one attached hydrogen (secondary N) is 1. The van der Waals surface area contributed by atoms with Crippen molar-refractivity contribution in [2.24, 2.45) is 5.92 Å². The number of nitrogens with zero attached hydrogens (tertiary/aromatic N) is 3. The smallest absolute Gasteiger partial charge is 0.254 e. The van der Waals surface area contributed by atoms with E-state index < -0.39 is 0 Å². The van der Waals surface area contributed by atoms with Gasteiger partial charge in [0.25, 0.3) is 5.91 Å². The lowest BCUT2D eigenvalue weighted by Gasteiger charge is -2.32. The molecule has 2 heterocycles. The highest BCUT2D eigenvalue weighted by Gasteiger charge is 2.30. The van der Waals surface area contributed by atoms with Gasteiger partial charge in [-0.15, -0.1) is 0 Å². The molecule has 32 heavy (non-hydrogen) atoms. The summed E-state index contributed by atoms with van der Waals surface area (Å²) in [4.78, 5) is 32.4. The first kappa shape index (κ1) is 20.3. The van der Waals surface area contributed by atoms with Crippen LogP contribution >= 0.6 is 11.5 Å². The number of fused-ring (bicyclic) bond motifs is 1. The minimum absolute atomic E-state index is 0.0263. The van der Waals surface area contributed by atoms with Crippen LogP contribution in [0.4, 0.5) is 5.13 Å². The molecule has 0 spiro atoms. The summed E-state index contributed by atoms with van der Waals surface area (Å²) in [5.41, 5.74) is 1.59. The summed E-state index contributed by atoms with van der Waals surface area (Å²) in [6.45, 7) is 1.06. The number of benzene rings is 3. The van der Waals surface area contributed by atoms with Gasteiger partial charge in [0, 0.05) is 35.7 Å².